The lowest BCUT2D eigenvalue weighted by atomic mass is 9.98. The van der Waals surface area contributed by atoms with Gasteiger partial charge in [-0.15, -0.1) is 0 Å². The summed E-state index contributed by atoms with van der Waals surface area (Å²) in [4.78, 5) is 26.0. The molecule has 1 aromatic carbocycles. The number of benzene rings is 1. The van der Waals surface area contributed by atoms with Gasteiger partial charge in [0.05, 0.1) is 0 Å². The molecule has 6 nitrogen and oxygen atoms in total. The molecule has 1 aliphatic rings. The van der Waals surface area contributed by atoms with E-state index in [1.807, 2.05) is 56.9 Å². The number of aryl methyl sites for hydroxylation is 1. The van der Waals surface area contributed by atoms with Gasteiger partial charge in [0.2, 0.25) is 0 Å². The van der Waals surface area contributed by atoms with Crippen LogP contribution in [0.5, 0.6) is 0 Å². The minimum atomic E-state index is -0.503. The Morgan fingerprint density at radius 2 is 1.92 bits per heavy atom. The quantitative estimate of drug-likeness (QED) is 0.874. The van der Waals surface area contributed by atoms with Crippen LogP contribution in [0, 0.1) is 12.8 Å². The summed E-state index contributed by atoms with van der Waals surface area (Å²) in [5.74, 6) is 0.241. The van der Waals surface area contributed by atoms with Crippen molar-refractivity contribution in [3.63, 3.8) is 0 Å². The maximum Gasteiger partial charge on any atom is 0.407 e. The Morgan fingerprint density at radius 3 is 2.56 bits per heavy atom. The Hall–Kier alpha value is -2.24. The summed E-state index contributed by atoms with van der Waals surface area (Å²) in [5, 5.41) is 5.74. The minimum Gasteiger partial charge on any atom is -0.444 e. The molecular formula is C19H29N3O3. The number of piperidine rings is 1. The number of urea groups is 1. The van der Waals surface area contributed by atoms with Gasteiger partial charge in [0.15, 0.2) is 0 Å². The van der Waals surface area contributed by atoms with E-state index in [0.717, 1.165) is 30.6 Å². The smallest absolute Gasteiger partial charge is 0.407 e. The summed E-state index contributed by atoms with van der Waals surface area (Å²) >= 11 is 0. The highest BCUT2D eigenvalue weighted by atomic mass is 16.6. The number of nitrogens with zero attached hydrogens (tertiary/aromatic N) is 1. The number of alkyl carbamates (subject to hydrolysis) is 1. The lowest BCUT2D eigenvalue weighted by molar-refractivity contribution is 0.0512. The molecule has 1 saturated heterocycles. The molecule has 1 aromatic rings. The molecule has 1 aliphatic heterocycles. The number of rotatable bonds is 3. The third-order valence-corrected chi connectivity index (χ3v) is 4.04. The molecule has 1 atom stereocenters. The molecule has 2 rings (SSSR count). The Kier molecular flexibility index (Phi) is 6.28. The summed E-state index contributed by atoms with van der Waals surface area (Å²) in [7, 11) is 0. The van der Waals surface area contributed by atoms with E-state index < -0.39 is 11.7 Å². The number of nitrogens with one attached hydrogen (secondary N) is 2. The van der Waals surface area contributed by atoms with Crippen LogP contribution in [0.3, 0.4) is 0 Å². The fourth-order valence-electron chi connectivity index (χ4n) is 2.80. The van der Waals surface area contributed by atoms with Gasteiger partial charge in [-0.2, -0.15) is 0 Å². The van der Waals surface area contributed by atoms with E-state index in [4.69, 9.17) is 4.74 Å². The second kappa shape index (κ2) is 8.23. The van der Waals surface area contributed by atoms with E-state index in [9.17, 15) is 9.59 Å². The molecule has 3 amide bonds. The van der Waals surface area contributed by atoms with Crippen LogP contribution >= 0.6 is 0 Å². The maximum atomic E-state index is 12.4. The molecule has 25 heavy (non-hydrogen) atoms. The van der Waals surface area contributed by atoms with Crippen LogP contribution in [-0.2, 0) is 4.74 Å². The molecule has 1 unspecified atom stereocenters. The van der Waals surface area contributed by atoms with E-state index in [-0.39, 0.29) is 11.9 Å². The molecule has 0 bridgehead atoms. The van der Waals surface area contributed by atoms with Crippen molar-refractivity contribution in [1.82, 2.24) is 10.2 Å². The van der Waals surface area contributed by atoms with Crippen molar-refractivity contribution >= 4 is 17.8 Å². The maximum absolute atomic E-state index is 12.4. The van der Waals surface area contributed by atoms with E-state index in [1.165, 1.54) is 0 Å². The lowest BCUT2D eigenvalue weighted by Gasteiger charge is -2.33. The molecule has 0 aromatic heterocycles. The van der Waals surface area contributed by atoms with Crippen molar-refractivity contribution in [2.45, 2.75) is 46.1 Å². The number of hydrogen-bond acceptors (Lipinski definition) is 3. The van der Waals surface area contributed by atoms with Gasteiger partial charge < -0.3 is 20.3 Å². The molecular weight excluding hydrogens is 318 g/mol. The fraction of sp³-hybridized carbons (Fsp3) is 0.579. The lowest BCUT2D eigenvalue weighted by Crippen LogP contribution is -2.45. The first-order valence-electron chi connectivity index (χ1n) is 8.82. The highest BCUT2D eigenvalue weighted by molar-refractivity contribution is 5.89. The van der Waals surface area contributed by atoms with Crippen LogP contribution in [-0.4, -0.2) is 42.3 Å². The number of anilines is 1. The second-order valence-electron chi connectivity index (χ2n) is 7.63. The average Bonchev–Trinajstić information content (AvgIpc) is 2.54. The van der Waals surface area contributed by atoms with E-state index in [1.54, 1.807) is 0 Å². The topological polar surface area (TPSA) is 70.7 Å². The van der Waals surface area contributed by atoms with Crippen LogP contribution in [0.1, 0.15) is 39.2 Å². The van der Waals surface area contributed by atoms with Crippen molar-refractivity contribution in [2.75, 3.05) is 25.0 Å². The number of hydrogen-bond donors (Lipinski definition) is 2. The zero-order valence-corrected chi connectivity index (χ0v) is 15.6. The summed E-state index contributed by atoms with van der Waals surface area (Å²) in [6.45, 7) is 9.41. The first-order chi connectivity index (χ1) is 11.7. The van der Waals surface area contributed by atoms with Crippen molar-refractivity contribution in [3.8, 4) is 0 Å². The zero-order valence-electron chi connectivity index (χ0n) is 15.6. The predicted octanol–water partition coefficient (Wildman–Crippen LogP) is 3.76. The van der Waals surface area contributed by atoms with Crippen LogP contribution in [0.4, 0.5) is 15.3 Å². The minimum absolute atomic E-state index is 0.0918. The monoisotopic (exact) mass is 347 g/mol. The SMILES string of the molecule is Cc1ccc(NC(=O)N2CCCC(CNC(=O)OC(C)(C)C)C2)cc1. The summed E-state index contributed by atoms with van der Waals surface area (Å²) in [5.41, 5.74) is 1.45. The van der Waals surface area contributed by atoms with Crippen molar-refractivity contribution in [1.29, 1.82) is 0 Å². The zero-order chi connectivity index (χ0) is 18.4. The summed E-state index contributed by atoms with van der Waals surface area (Å²) in [6.07, 6.45) is 1.51. The Labute approximate surface area is 149 Å². The van der Waals surface area contributed by atoms with E-state index in [0.29, 0.717) is 13.1 Å². The number of likely N-dealkylation sites (tertiary alicyclic amines) is 1. The molecule has 0 spiro atoms. The normalized spacial score (nSPS) is 17.8. The summed E-state index contributed by atoms with van der Waals surface area (Å²) in [6, 6.07) is 7.65. The fourth-order valence-corrected chi connectivity index (χ4v) is 2.80. The first-order valence-corrected chi connectivity index (χ1v) is 8.82. The van der Waals surface area contributed by atoms with Crippen LogP contribution in [0.15, 0.2) is 24.3 Å². The van der Waals surface area contributed by atoms with Crippen molar-refractivity contribution < 1.29 is 14.3 Å². The molecule has 0 aliphatic carbocycles. The third-order valence-electron chi connectivity index (χ3n) is 4.04. The highest BCUT2D eigenvalue weighted by Gasteiger charge is 2.25. The van der Waals surface area contributed by atoms with E-state index in [2.05, 4.69) is 10.6 Å². The van der Waals surface area contributed by atoms with Gasteiger partial charge in [-0.1, -0.05) is 17.7 Å². The van der Waals surface area contributed by atoms with Gasteiger partial charge in [-0.3, -0.25) is 0 Å². The molecule has 1 fully saturated rings. The van der Waals surface area contributed by atoms with E-state index >= 15 is 0 Å². The Morgan fingerprint density at radius 1 is 1.24 bits per heavy atom. The van der Waals surface area contributed by atoms with Crippen LogP contribution in [0.2, 0.25) is 0 Å². The number of carbonyl (C=O) groups excluding carboxylic acids is 2. The van der Waals surface area contributed by atoms with Gasteiger partial charge in [-0.05, 0) is 58.6 Å². The average molecular weight is 347 g/mol. The second-order valence-corrected chi connectivity index (χ2v) is 7.63. The number of amides is 3. The number of carbonyl (C=O) groups is 2. The Balaban J connectivity index is 1.80. The van der Waals surface area contributed by atoms with Gasteiger partial charge in [0.1, 0.15) is 5.60 Å². The van der Waals surface area contributed by atoms with Crippen LogP contribution in [0.25, 0.3) is 0 Å². The Bertz CT molecular complexity index is 593. The highest BCUT2D eigenvalue weighted by Crippen LogP contribution is 2.18. The molecule has 138 valence electrons. The molecule has 6 heteroatoms. The van der Waals surface area contributed by atoms with Crippen molar-refractivity contribution in [3.05, 3.63) is 29.8 Å². The molecule has 0 radical (unpaired) electrons. The third kappa shape index (κ3) is 6.64. The standard InChI is InChI=1S/C19H29N3O3/c1-14-7-9-16(10-8-14)21-17(23)22-11-5-6-15(13-22)12-20-18(24)25-19(2,3)4/h7-10,15H,5-6,11-13H2,1-4H3,(H,20,24)(H,21,23). The largest absolute Gasteiger partial charge is 0.444 e. The molecule has 1 heterocycles. The summed E-state index contributed by atoms with van der Waals surface area (Å²) < 4.78 is 5.25. The number of ether oxygens (including phenoxy) is 1. The van der Waals surface area contributed by atoms with Gasteiger partial charge in [-0.25, -0.2) is 9.59 Å². The van der Waals surface area contributed by atoms with Gasteiger partial charge in [0, 0.05) is 25.3 Å². The first kappa shape index (κ1) is 19.1. The molecule has 0 saturated carbocycles. The van der Waals surface area contributed by atoms with Crippen molar-refractivity contribution in [2.24, 2.45) is 5.92 Å². The molecule has 2 N–H and O–H groups in total. The predicted molar refractivity (Wildman–Crippen MR) is 98.7 cm³/mol. The van der Waals surface area contributed by atoms with Crippen LogP contribution < -0.4 is 10.6 Å². The van der Waals surface area contributed by atoms with Gasteiger partial charge in [0.25, 0.3) is 0 Å². The van der Waals surface area contributed by atoms with Gasteiger partial charge >= 0.3 is 12.1 Å².